The number of piperidine rings is 1. The second kappa shape index (κ2) is 12.5. The molecule has 212 valence electrons. The number of aryl methyl sites for hydroxylation is 2. The molecule has 0 aliphatic carbocycles. The first-order valence-electron chi connectivity index (χ1n) is 13.2. The van der Waals surface area contributed by atoms with Crippen LogP contribution in [-0.2, 0) is 24.4 Å². The number of fused-ring (bicyclic) bond motifs is 2. The normalized spacial score (nSPS) is 13.8. The zero-order valence-corrected chi connectivity index (χ0v) is 25.5. The lowest BCUT2D eigenvalue weighted by Gasteiger charge is -2.22. The van der Waals surface area contributed by atoms with Gasteiger partial charge in [0.15, 0.2) is 28.3 Å². The molecule has 0 spiro atoms. The fourth-order valence-electron chi connectivity index (χ4n) is 5.61. The number of imidazole rings is 1. The molecule has 13 heteroatoms. The molecule has 1 aliphatic heterocycles. The maximum absolute atomic E-state index is 12.3. The van der Waals surface area contributed by atoms with Crippen LogP contribution in [0.5, 0.6) is 0 Å². The molecule has 0 bridgehead atoms. The molecule has 11 nitrogen and oxygen atoms in total. The van der Waals surface area contributed by atoms with Gasteiger partial charge in [0.1, 0.15) is 12.1 Å². The van der Waals surface area contributed by atoms with E-state index in [-0.39, 0.29) is 42.2 Å². The predicted octanol–water partition coefficient (Wildman–Crippen LogP) is 0.199. The number of halogens is 2. The van der Waals surface area contributed by atoms with Gasteiger partial charge in [0.2, 0.25) is 6.41 Å². The first-order chi connectivity index (χ1) is 18.6. The summed E-state index contributed by atoms with van der Waals surface area (Å²) in [5, 5.41) is 8.11. The molecule has 5 aromatic rings. The number of nitrogens with zero attached hydrogens (tertiary/aromatic N) is 7. The van der Waals surface area contributed by atoms with E-state index in [1.807, 2.05) is 12.3 Å². The molecule has 1 aliphatic rings. The van der Waals surface area contributed by atoms with E-state index in [9.17, 15) is 4.79 Å². The third-order valence-electron chi connectivity index (χ3n) is 7.53. The van der Waals surface area contributed by atoms with Gasteiger partial charge in [0.05, 0.1) is 25.3 Å². The minimum absolute atomic E-state index is 0. The van der Waals surface area contributed by atoms with Crippen molar-refractivity contribution in [2.24, 2.45) is 0 Å². The van der Waals surface area contributed by atoms with Crippen LogP contribution in [-0.4, -0.2) is 48.8 Å². The molecule has 5 heterocycles. The minimum Gasteiger partial charge on any atom is -1.00 e. The number of hydrogen-bond acceptors (Lipinski definition) is 6. The Labute approximate surface area is 255 Å². The van der Waals surface area contributed by atoms with Crippen molar-refractivity contribution in [1.82, 2.24) is 34.6 Å². The Balaban J connectivity index is 0.00000185. The fraction of sp³-hybridized carbons (Fsp3) is 0.370. The van der Waals surface area contributed by atoms with Crippen molar-refractivity contribution in [3.8, 4) is 11.1 Å². The van der Waals surface area contributed by atoms with Gasteiger partial charge < -0.3 is 40.0 Å². The van der Waals surface area contributed by atoms with Crippen molar-refractivity contribution in [3.63, 3.8) is 0 Å². The molecule has 0 unspecified atom stereocenters. The third-order valence-corrected chi connectivity index (χ3v) is 7.53. The van der Waals surface area contributed by atoms with Crippen LogP contribution in [0.4, 0.5) is 11.6 Å². The number of aromatic amines is 1. The van der Waals surface area contributed by atoms with E-state index < -0.39 is 0 Å². The number of aromatic nitrogens is 7. The van der Waals surface area contributed by atoms with Gasteiger partial charge in [-0.3, -0.25) is 14.4 Å². The Hall–Kier alpha value is -3.23. The number of amides is 1. The predicted molar refractivity (Wildman–Crippen MR) is 154 cm³/mol. The van der Waals surface area contributed by atoms with E-state index in [4.69, 9.17) is 10.8 Å². The van der Waals surface area contributed by atoms with Crippen molar-refractivity contribution >= 4 is 52.7 Å². The summed E-state index contributed by atoms with van der Waals surface area (Å²) < 4.78 is 6.62. The van der Waals surface area contributed by atoms with Gasteiger partial charge in [-0.2, -0.15) is 5.10 Å². The van der Waals surface area contributed by atoms with Crippen LogP contribution in [0.25, 0.3) is 33.3 Å². The highest BCUT2D eigenvalue weighted by atomic mass is 127. The molecule has 4 N–H and O–H groups in total. The van der Waals surface area contributed by atoms with Crippen LogP contribution in [0.15, 0.2) is 42.9 Å². The van der Waals surface area contributed by atoms with Crippen LogP contribution in [0.1, 0.15) is 38.6 Å². The zero-order valence-electron chi connectivity index (χ0n) is 22.5. The lowest BCUT2D eigenvalue weighted by molar-refractivity contribution is -0.676. The maximum Gasteiger partial charge on any atom is 0.277 e. The largest absolute Gasteiger partial charge is 1.00 e. The zero-order chi connectivity index (χ0) is 26.2. The number of anilines is 2. The van der Waals surface area contributed by atoms with E-state index in [2.05, 4.69) is 72.3 Å². The van der Waals surface area contributed by atoms with Gasteiger partial charge in [-0.25, -0.2) is 19.1 Å². The van der Waals surface area contributed by atoms with E-state index in [0.717, 1.165) is 73.4 Å². The van der Waals surface area contributed by atoms with Crippen molar-refractivity contribution in [2.75, 3.05) is 23.7 Å². The number of H-pyrrole nitrogens is 1. The molecule has 1 aromatic carbocycles. The Morgan fingerprint density at radius 2 is 1.98 bits per heavy atom. The number of nitrogens with two attached hydrogens (primary N) is 1. The van der Waals surface area contributed by atoms with Crippen molar-refractivity contribution in [2.45, 2.75) is 52.4 Å². The van der Waals surface area contributed by atoms with Crippen molar-refractivity contribution in [1.29, 1.82) is 0 Å². The van der Waals surface area contributed by atoms with E-state index in [1.165, 1.54) is 4.90 Å². The van der Waals surface area contributed by atoms with Gasteiger partial charge in [-0.15, -0.1) is 12.4 Å². The number of benzene rings is 1. The molecule has 6 rings (SSSR count). The lowest BCUT2D eigenvalue weighted by Crippen LogP contribution is -3.00. The number of rotatable bonds is 8. The fourth-order valence-corrected chi connectivity index (χ4v) is 5.61. The standard InChI is InChI=1S/C27H33N10O.ClH.HI/c1-3-35-22-6-5-18(19-14-31-37(15-19)20-7-10-29-11-8-20)13-23(22)36(4-2)24(35)16-34(17-38)27-25(28)33-26-21(32-27)9-12-30-26;;/h5-6,9,12-15,17,20,29H,3-4,7-8,10-11,16H2,1-2H3,(H3,28,30,33);2*1H/q+1;;/p-1. The SMILES string of the molecule is CCn1c(CN(C=O)c2nc3cc[nH]c3nc2N)[n+](CC)c2ccc(-c3cnn(C4CCNCC4)c3)cc21.Cl.[I-]. The van der Waals surface area contributed by atoms with Crippen LogP contribution >= 0.6 is 12.4 Å². The summed E-state index contributed by atoms with van der Waals surface area (Å²) in [7, 11) is 0. The third kappa shape index (κ3) is 5.27. The van der Waals surface area contributed by atoms with Crippen LogP contribution in [0.3, 0.4) is 0 Å². The summed E-state index contributed by atoms with van der Waals surface area (Å²) in [6, 6.07) is 8.80. The van der Waals surface area contributed by atoms with Crippen LogP contribution < -0.4 is 44.5 Å². The number of nitrogen functional groups attached to an aromatic ring is 1. The topological polar surface area (TPSA) is 127 Å². The smallest absolute Gasteiger partial charge is 0.277 e. The Kier molecular flexibility index (Phi) is 9.31. The quantitative estimate of drug-likeness (QED) is 0.123. The van der Waals surface area contributed by atoms with E-state index in [0.29, 0.717) is 29.6 Å². The second-order valence-corrected chi connectivity index (χ2v) is 9.68. The monoisotopic (exact) mass is 676 g/mol. The molecule has 0 radical (unpaired) electrons. The first kappa shape index (κ1) is 29.7. The summed E-state index contributed by atoms with van der Waals surface area (Å²) in [6.45, 7) is 8.13. The van der Waals surface area contributed by atoms with Crippen LogP contribution in [0.2, 0.25) is 0 Å². The number of carbonyl (C=O) groups is 1. The highest BCUT2D eigenvalue weighted by Gasteiger charge is 2.28. The molecular weight excluding hydrogens is 643 g/mol. The van der Waals surface area contributed by atoms with Crippen molar-refractivity contribution < 1.29 is 33.3 Å². The van der Waals surface area contributed by atoms with Gasteiger partial charge in [-0.1, -0.05) is 0 Å². The average molecular weight is 677 g/mol. The summed E-state index contributed by atoms with van der Waals surface area (Å²) in [6.07, 6.45) is 8.85. The first-order valence-corrected chi connectivity index (χ1v) is 13.2. The molecule has 40 heavy (non-hydrogen) atoms. The summed E-state index contributed by atoms with van der Waals surface area (Å²) in [4.78, 5) is 25.8. The van der Waals surface area contributed by atoms with Crippen molar-refractivity contribution in [3.05, 3.63) is 48.7 Å². The summed E-state index contributed by atoms with van der Waals surface area (Å²) in [5.74, 6) is 1.56. The Morgan fingerprint density at radius 1 is 1.18 bits per heavy atom. The molecule has 0 atom stereocenters. The second-order valence-electron chi connectivity index (χ2n) is 9.68. The summed E-state index contributed by atoms with van der Waals surface area (Å²) >= 11 is 0. The number of carbonyl (C=O) groups excluding carboxylic acids is 1. The van der Waals surface area contributed by atoms with Gasteiger partial charge in [0, 0.05) is 18.0 Å². The molecule has 4 aromatic heterocycles. The van der Waals surface area contributed by atoms with E-state index in [1.54, 1.807) is 6.20 Å². The van der Waals surface area contributed by atoms with Crippen LogP contribution in [0, 0.1) is 0 Å². The highest BCUT2D eigenvalue weighted by Crippen LogP contribution is 2.28. The van der Waals surface area contributed by atoms with Gasteiger partial charge in [0.25, 0.3) is 5.82 Å². The molecule has 0 saturated carbocycles. The van der Waals surface area contributed by atoms with E-state index >= 15 is 0 Å². The Bertz CT molecular complexity index is 1620. The summed E-state index contributed by atoms with van der Waals surface area (Å²) in [5.41, 5.74) is 11.9. The molecule has 1 fully saturated rings. The molecule has 1 amide bonds. The number of hydrogen-bond donors (Lipinski definition) is 3. The van der Waals surface area contributed by atoms with Gasteiger partial charge >= 0.3 is 0 Å². The Morgan fingerprint density at radius 3 is 2.70 bits per heavy atom. The minimum atomic E-state index is 0. The lowest BCUT2D eigenvalue weighted by atomic mass is 10.1. The maximum atomic E-state index is 12.3. The highest BCUT2D eigenvalue weighted by molar-refractivity contribution is 5.85. The van der Waals surface area contributed by atoms with Gasteiger partial charge in [-0.05, 0) is 69.6 Å². The number of nitrogens with one attached hydrogen (secondary N) is 2. The average Bonchev–Trinajstić information content (AvgIpc) is 3.68. The molecular formula is C27H34ClIN10O. The molecule has 1 saturated heterocycles.